The average molecular weight is 297 g/mol. The minimum absolute atomic E-state index is 0.0687. The highest BCUT2D eigenvalue weighted by molar-refractivity contribution is 7.99. The van der Waals surface area contributed by atoms with Gasteiger partial charge >= 0.3 is 0 Å². The number of nitrogens with one attached hydrogen (secondary N) is 2. The number of imidazole rings is 1. The molecule has 2 rings (SSSR count). The summed E-state index contributed by atoms with van der Waals surface area (Å²) in [4.78, 5) is 18.7. The quantitative estimate of drug-likeness (QED) is 0.585. The molecule has 0 saturated carbocycles. The standard InChI is InChI=1S/C12H13ClN4OS/c13-9-2-1-8(7-10(9)14)17-11(18)3-6-19-12-15-4-5-16-12/h1-2,4-5,7H,3,6,14H2,(H,15,16)(H,17,18). The monoisotopic (exact) mass is 296 g/mol. The summed E-state index contributed by atoms with van der Waals surface area (Å²) in [7, 11) is 0. The van der Waals surface area contributed by atoms with Gasteiger partial charge in [0, 0.05) is 30.3 Å². The first-order valence-electron chi connectivity index (χ1n) is 5.62. The number of nitrogens with two attached hydrogens (primary N) is 1. The summed E-state index contributed by atoms with van der Waals surface area (Å²) in [5.41, 5.74) is 6.76. The van der Waals surface area contributed by atoms with Crippen LogP contribution >= 0.6 is 23.4 Å². The van der Waals surface area contributed by atoms with Gasteiger partial charge in [-0.3, -0.25) is 4.79 Å². The number of rotatable bonds is 5. The maximum atomic E-state index is 11.7. The Hall–Kier alpha value is -1.66. The van der Waals surface area contributed by atoms with Crippen LogP contribution in [-0.4, -0.2) is 21.6 Å². The lowest BCUT2D eigenvalue weighted by atomic mass is 10.2. The van der Waals surface area contributed by atoms with Gasteiger partial charge in [0.1, 0.15) is 0 Å². The number of hydrogen-bond acceptors (Lipinski definition) is 4. The van der Waals surface area contributed by atoms with Crippen LogP contribution in [-0.2, 0) is 4.79 Å². The molecule has 7 heteroatoms. The van der Waals surface area contributed by atoms with E-state index in [2.05, 4.69) is 15.3 Å². The second-order valence-electron chi connectivity index (χ2n) is 3.78. The molecular weight excluding hydrogens is 284 g/mol. The van der Waals surface area contributed by atoms with Crippen LogP contribution in [0.4, 0.5) is 11.4 Å². The Kier molecular flexibility index (Phi) is 4.70. The molecule has 19 heavy (non-hydrogen) atoms. The third-order valence-electron chi connectivity index (χ3n) is 2.32. The van der Waals surface area contributed by atoms with Crippen molar-refractivity contribution < 1.29 is 4.79 Å². The molecule has 0 aliphatic heterocycles. The Labute approximate surface area is 119 Å². The Balaban J connectivity index is 1.79. The van der Waals surface area contributed by atoms with Gasteiger partial charge in [-0.25, -0.2) is 4.98 Å². The van der Waals surface area contributed by atoms with E-state index < -0.39 is 0 Å². The zero-order valence-electron chi connectivity index (χ0n) is 10.0. The van der Waals surface area contributed by atoms with E-state index in [0.717, 1.165) is 5.16 Å². The van der Waals surface area contributed by atoms with Gasteiger partial charge < -0.3 is 16.0 Å². The fraction of sp³-hybridized carbons (Fsp3) is 0.167. The summed E-state index contributed by atoms with van der Waals surface area (Å²) < 4.78 is 0. The van der Waals surface area contributed by atoms with E-state index in [1.807, 2.05) is 0 Å². The summed E-state index contributed by atoms with van der Waals surface area (Å²) in [6.07, 6.45) is 3.83. The van der Waals surface area contributed by atoms with E-state index in [1.54, 1.807) is 30.6 Å². The maximum Gasteiger partial charge on any atom is 0.225 e. The number of hydrogen-bond donors (Lipinski definition) is 3. The number of halogens is 1. The van der Waals surface area contributed by atoms with E-state index in [0.29, 0.717) is 28.6 Å². The van der Waals surface area contributed by atoms with Gasteiger partial charge in [-0.2, -0.15) is 0 Å². The minimum atomic E-state index is -0.0687. The van der Waals surface area contributed by atoms with Crippen molar-refractivity contribution >= 4 is 40.6 Å². The van der Waals surface area contributed by atoms with Crippen molar-refractivity contribution in [2.75, 3.05) is 16.8 Å². The van der Waals surface area contributed by atoms with Crippen molar-refractivity contribution in [3.63, 3.8) is 0 Å². The molecule has 0 radical (unpaired) electrons. The Morgan fingerprint density at radius 3 is 3.05 bits per heavy atom. The summed E-state index contributed by atoms with van der Waals surface area (Å²) in [5, 5.41) is 4.06. The number of nitrogens with zero attached hydrogens (tertiary/aromatic N) is 1. The van der Waals surface area contributed by atoms with E-state index in [4.69, 9.17) is 17.3 Å². The normalized spacial score (nSPS) is 10.4. The molecule has 0 atom stereocenters. The maximum absolute atomic E-state index is 11.7. The van der Waals surface area contributed by atoms with Gasteiger partial charge in [-0.1, -0.05) is 23.4 Å². The molecular formula is C12H13ClN4OS. The van der Waals surface area contributed by atoms with Crippen molar-refractivity contribution in [2.24, 2.45) is 0 Å². The lowest BCUT2D eigenvalue weighted by molar-refractivity contribution is -0.115. The first-order valence-corrected chi connectivity index (χ1v) is 6.98. The summed E-state index contributed by atoms with van der Waals surface area (Å²) in [6, 6.07) is 5.01. The van der Waals surface area contributed by atoms with Gasteiger partial charge in [-0.15, -0.1) is 0 Å². The summed E-state index contributed by atoms with van der Waals surface area (Å²) in [6.45, 7) is 0. The Morgan fingerprint density at radius 2 is 2.37 bits per heavy atom. The highest BCUT2D eigenvalue weighted by atomic mass is 35.5. The van der Waals surface area contributed by atoms with E-state index >= 15 is 0 Å². The van der Waals surface area contributed by atoms with Gasteiger partial charge in [-0.05, 0) is 18.2 Å². The molecule has 1 aromatic carbocycles. The van der Waals surface area contributed by atoms with Crippen LogP contribution < -0.4 is 11.1 Å². The number of carbonyl (C=O) groups excluding carboxylic acids is 1. The van der Waals surface area contributed by atoms with Crippen LogP contribution in [0.15, 0.2) is 35.7 Å². The van der Waals surface area contributed by atoms with Crippen molar-refractivity contribution in [2.45, 2.75) is 11.6 Å². The number of carbonyl (C=O) groups is 1. The highest BCUT2D eigenvalue weighted by Crippen LogP contribution is 2.22. The molecule has 0 fully saturated rings. The van der Waals surface area contributed by atoms with E-state index in [-0.39, 0.29) is 5.91 Å². The Bertz CT molecular complexity index is 559. The number of aromatic nitrogens is 2. The predicted octanol–water partition coefficient (Wildman–Crippen LogP) is 2.77. The molecule has 0 unspecified atom stereocenters. The molecule has 0 bridgehead atoms. The number of amides is 1. The minimum Gasteiger partial charge on any atom is -0.397 e. The summed E-state index contributed by atoms with van der Waals surface area (Å²) in [5.74, 6) is 0.586. The smallest absolute Gasteiger partial charge is 0.225 e. The first-order chi connectivity index (χ1) is 9.15. The topological polar surface area (TPSA) is 83.8 Å². The number of thioether (sulfide) groups is 1. The molecule has 4 N–H and O–H groups in total. The number of aromatic amines is 1. The fourth-order valence-corrected chi connectivity index (χ4v) is 2.30. The van der Waals surface area contributed by atoms with Gasteiger partial charge in [0.05, 0.1) is 10.7 Å². The van der Waals surface area contributed by atoms with Crippen molar-refractivity contribution in [3.05, 3.63) is 35.6 Å². The van der Waals surface area contributed by atoms with Crippen molar-refractivity contribution in [1.29, 1.82) is 0 Å². The fourth-order valence-electron chi connectivity index (χ4n) is 1.42. The Morgan fingerprint density at radius 1 is 1.53 bits per heavy atom. The van der Waals surface area contributed by atoms with Crippen LogP contribution in [0.1, 0.15) is 6.42 Å². The van der Waals surface area contributed by atoms with Crippen LogP contribution in [0.25, 0.3) is 0 Å². The van der Waals surface area contributed by atoms with Crippen molar-refractivity contribution in [3.8, 4) is 0 Å². The van der Waals surface area contributed by atoms with Crippen molar-refractivity contribution in [1.82, 2.24) is 9.97 Å². The molecule has 5 nitrogen and oxygen atoms in total. The predicted molar refractivity (Wildman–Crippen MR) is 78.4 cm³/mol. The number of anilines is 2. The molecule has 0 aliphatic carbocycles. The third-order valence-corrected chi connectivity index (χ3v) is 3.57. The summed E-state index contributed by atoms with van der Waals surface area (Å²) >= 11 is 7.30. The highest BCUT2D eigenvalue weighted by Gasteiger charge is 2.05. The second kappa shape index (κ2) is 6.49. The molecule has 1 amide bonds. The molecule has 0 aliphatic rings. The second-order valence-corrected chi connectivity index (χ2v) is 5.27. The number of benzene rings is 1. The zero-order valence-corrected chi connectivity index (χ0v) is 11.6. The molecule has 1 heterocycles. The number of nitrogen functional groups attached to an aromatic ring is 1. The van der Waals surface area contributed by atoms with E-state index in [9.17, 15) is 4.79 Å². The average Bonchev–Trinajstić information content (AvgIpc) is 2.87. The van der Waals surface area contributed by atoms with Crippen LogP contribution in [0.5, 0.6) is 0 Å². The lowest BCUT2D eigenvalue weighted by Crippen LogP contribution is -2.12. The largest absolute Gasteiger partial charge is 0.397 e. The van der Waals surface area contributed by atoms with Gasteiger partial charge in [0.25, 0.3) is 0 Å². The van der Waals surface area contributed by atoms with Gasteiger partial charge in [0.2, 0.25) is 5.91 Å². The van der Waals surface area contributed by atoms with Crippen LogP contribution in [0, 0.1) is 0 Å². The number of H-pyrrole nitrogens is 1. The van der Waals surface area contributed by atoms with Crippen LogP contribution in [0.3, 0.4) is 0 Å². The molecule has 1 aromatic heterocycles. The van der Waals surface area contributed by atoms with E-state index in [1.165, 1.54) is 11.8 Å². The molecule has 100 valence electrons. The molecule has 0 spiro atoms. The zero-order chi connectivity index (χ0) is 13.7. The molecule has 0 saturated heterocycles. The molecule has 2 aromatic rings. The SMILES string of the molecule is Nc1cc(NC(=O)CCSc2ncc[nH]2)ccc1Cl. The van der Waals surface area contributed by atoms with Crippen LogP contribution in [0.2, 0.25) is 5.02 Å². The first kappa shape index (κ1) is 13.8. The lowest BCUT2D eigenvalue weighted by Gasteiger charge is -2.06. The van der Waals surface area contributed by atoms with Gasteiger partial charge in [0.15, 0.2) is 5.16 Å². The third kappa shape index (κ3) is 4.18.